The standard InChI is InChI=1S/C29H28FN5O6S/c1-39-24-3-2-18-10-25(24)40-16-26(36)33-22-15-34(27(37)12-20-14-35-6-7-42-29(35)32-20)5-4-23(22)41-21-9-17(8-19(30)11-21)13-31-28(18)38/h2-3,6-11,14,22-23H,4-5,12-13,15-16H2,1H3,(H,31,38)(H,33,36)/t22-,23+/m1/s1. The van der Waals surface area contributed by atoms with Gasteiger partial charge < -0.3 is 29.7 Å². The number of nitrogens with zero attached hydrogens (tertiary/aromatic N) is 3. The van der Waals surface area contributed by atoms with Gasteiger partial charge in [-0.05, 0) is 35.9 Å². The van der Waals surface area contributed by atoms with E-state index in [4.69, 9.17) is 14.2 Å². The minimum absolute atomic E-state index is 0.0635. The number of hydrogen-bond acceptors (Lipinski definition) is 8. The molecule has 13 heteroatoms. The molecule has 0 unspecified atom stereocenters. The van der Waals surface area contributed by atoms with Crippen LogP contribution in [0.2, 0.25) is 0 Å². The molecular formula is C29H28FN5O6S. The third-order valence-electron chi connectivity index (χ3n) is 7.18. The van der Waals surface area contributed by atoms with Gasteiger partial charge in [-0.25, -0.2) is 9.37 Å². The summed E-state index contributed by atoms with van der Waals surface area (Å²) in [5.74, 6) is -0.678. The van der Waals surface area contributed by atoms with Gasteiger partial charge in [0.15, 0.2) is 23.1 Å². The molecule has 2 atom stereocenters. The van der Waals surface area contributed by atoms with Crippen molar-refractivity contribution in [1.29, 1.82) is 0 Å². The van der Waals surface area contributed by atoms with Crippen LogP contribution in [0.5, 0.6) is 17.2 Å². The topological polar surface area (TPSA) is 124 Å². The fraction of sp³-hybridized carbons (Fsp3) is 0.310. The molecular weight excluding hydrogens is 565 g/mol. The molecule has 218 valence electrons. The van der Waals surface area contributed by atoms with Crippen molar-refractivity contribution in [3.05, 3.63) is 76.8 Å². The van der Waals surface area contributed by atoms with Gasteiger partial charge in [-0.2, -0.15) is 0 Å². The number of ether oxygens (including phenoxy) is 3. The summed E-state index contributed by atoms with van der Waals surface area (Å²) in [5.41, 5.74) is 1.45. The molecule has 0 aliphatic carbocycles. The van der Waals surface area contributed by atoms with Crippen LogP contribution in [0.3, 0.4) is 0 Å². The largest absolute Gasteiger partial charge is 0.493 e. The minimum Gasteiger partial charge on any atom is -0.493 e. The van der Waals surface area contributed by atoms with Crippen LogP contribution in [0, 0.1) is 5.82 Å². The van der Waals surface area contributed by atoms with E-state index in [9.17, 15) is 18.8 Å². The fourth-order valence-electron chi connectivity index (χ4n) is 5.14. The lowest BCUT2D eigenvalue weighted by Crippen LogP contribution is -2.58. The van der Waals surface area contributed by atoms with Gasteiger partial charge in [0.1, 0.15) is 17.7 Å². The summed E-state index contributed by atoms with van der Waals surface area (Å²) in [6.45, 7) is 0.271. The lowest BCUT2D eigenvalue weighted by Gasteiger charge is -2.39. The molecule has 2 aliphatic rings. The number of imidazole rings is 1. The molecule has 1 fully saturated rings. The Morgan fingerprint density at radius 2 is 2.12 bits per heavy atom. The van der Waals surface area contributed by atoms with Gasteiger partial charge in [0.25, 0.3) is 11.8 Å². The summed E-state index contributed by atoms with van der Waals surface area (Å²) < 4.78 is 33.7. The Hall–Kier alpha value is -4.65. The van der Waals surface area contributed by atoms with Gasteiger partial charge >= 0.3 is 0 Å². The van der Waals surface area contributed by atoms with E-state index in [1.807, 2.05) is 22.2 Å². The number of thiazole rings is 1. The predicted octanol–water partition coefficient (Wildman–Crippen LogP) is 2.57. The van der Waals surface area contributed by atoms with E-state index in [2.05, 4.69) is 15.6 Å². The summed E-state index contributed by atoms with van der Waals surface area (Å²) in [6, 6.07) is 8.25. The molecule has 4 aromatic rings. The van der Waals surface area contributed by atoms with Crippen LogP contribution in [0.1, 0.15) is 28.0 Å². The van der Waals surface area contributed by atoms with Gasteiger partial charge in [0.05, 0.1) is 25.3 Å². The summed E-state index contributed by atoms with van der Waals surface area (Å²) in [5, 5.41) is 7.62. The first-order chi connectivity index (χ1) is 20.3. The molecule has 3 amide bonds. The SMILES string of the molecule is COc1ccc2cc1OCC(=O)N[C@@H]1CN(C(=O)Cc3cn4ccsc4n3)CC[C@@H]1Oc1cc(F)cc(c1)CNC2=O. The van der Waals surface area contributed by atoms with Crippen LogP contribution in [-0.2, 0) is 22.6 Å². The highest BCUT2D eigenvalue weighted by Crippen LogP contribution is 2.29. The maximum Gasteiger partial charge on any atom is 0.258 e. The van der Waals surface area contributed by atoms with E-state index in [1.165, 1.54) is 36.6 Å². The molecule has 4 bridgehead atoms. The van der Waals surface area contributed by atoms with E-state index >= 15 is 0 Å². The zero-order chi connectivity index (χ0) is 29.2. The number of aromatic nitrogens is 2. The smallest absolute Gasteiger partial charge is 0.258 e. The van der Waals surface area contributed by atoms with E-state index in [-0.39, 0.29) is 49.1 Å². The first-order valence-corrected chi connectivity index (χ1v) is 14.3. The Kier molecular flexibility index (Phi) is 7.66. The van der Waals surface area contributed by atoms with Crippen molar-refractivity contribution in [3.63, 3.8) is 0 Å². The normalized spacial score (nSPS) is 19.2. The van der Waals surface area contributed by atoms with Crippen molar-refractivity contribution >= 4 is 34.0 Å². The Balaban J connectivity index is 1.25. The van der Waals surface area contributed by atoms with E-state index < -0.39 is 29.8 Å². The Morgan fingerprint density at radius 3 is 2.95 bits per heavy atom. The van der Waals surface area contributed by atoms with E-state index in [0.717, 1.165) is 4.96 Å². The quantitative estimate of drug-likeness (QED) is 0.374. The second kappa shape index (κ2) is 11.7. The van der Waals surface area contributed by atoms with Crippen molar-refractivity contribution in [2.75, 3.05) is 26.8 Å². The predicted molar refractivity (Wildman–Crippen MR) is 150 cm³/mol. The highest BCUT2D eigenvalue weighted by molar-refractivity contribution is 7.15. The second-order valence-corrected chi connectivity index (χ2v) is 11.0. The average Bonchev–Trinajstić information content (AvgIpc) is 3.57. The number of carbonyl (C=O) groups excluding carboxylic acids is 3. The zero-order valence-corrected chi connectivity index (χ0v) is 23.5. The minimum atomic E-state index is -0.600. The van der Waals surface area contributed by atoms with Crippen molar-refractivity contribution in [3.8, 4) is 17.2 Å². The van der Waals surface area contributed by atoms with Crippen molar-refractivity contribution in [2.24, 2.45) is 0 Å². The molecule has 1 saturated heterocycles. The maximum absolute atomic E-state index is 14.6. The number of amides is 3. The summed E-state index contributed by atoms with van der Waals surface area (Å²) in [6.07, 6.45) is 3.69. The summed E-state index contributed by atoms with van der Waals surface area (Å²) >= 11 is 1.49. The number of piperidine rings is 1. The van der Waals surface area contributed by atoms with Gasteiger partial charge in [0, 0.05) is 55.5 Å². The Morgan fingerprint density at radius 1 is 1.24 bits per heavy atom. The Labute approximate surface area is 244 Å². The molecule has 2 N–H and O–H groups in total. The van der Waals surface area contributed by atoms with Gasteiger partial charge in [0.2, 0.25) is 5.91 Å². The molecule has 6 rings (SSSR count). The van der Waals surface area contributed by atoms with Crippen LogP contribution in [0.4, 0.5) is 4.39 Å². The van der Waals surface area contributed by atoms with Crippen LogP contribution in [0.25, 0.3) is 4.96 Å². The first-order valence-electron chi connectivity index (χ1n) is 13.4. The molecule has 0 spiro atoms. The van der Waals surface area contributed by atoms with Crippen molar-refractivity contribution in [1.82, 2.24) is 24.9 Å². The number of benzene rings is 2. The van der Waals surface area contributed by atoms with Gasteiger partial charge in [-0.1, -0.05) is 0 Å². The summed E-state index contributed by atoms with van der Waals surface area (Å²) in [7, 11) is 1.46. The monoisotopic (exact) mass is 593 g/mol. The van der Waals surface area contributed by atoms with Crippen LogP contribution < -0.4 is 24.8 Å². The van der Waals surface area contributed by atoms with Gasteiger partial charge in [-0.3, -0.25) is 18.8 Å². The van der Waals surface area contributed by atoms with Crippen molar-refractivity contribution in [2.45, 2.75) is 31.5 Å². The third kappa shape index (κ3) is 6.00. The number of rotatable bonds is 3. The molecule has 42 heavy (non-hydrogen) atoms. The molecule has 2 aromatic heterocycles. The van der Waals surface area contributed by atoms with E-state index in [0.29, 0.717) is 30.0 Å². The average molecular weight is 594 g/mol. The summed E-state index contributed by atoms with van der Waals surface area (Å²) in [4.78, 5) is 46.1. The maximum atomic E-state index is 14.6. The fourth-order valence-corrected chi connectivity index (χ4v) is 5.86. The molecule has 0 saturated carbocycles. The molecule has 2 aliphatic heterocycles. The molecule has 11 nitrogen and oxygen atoms in total. The van der Waals surface area contributed by atoms with Crippen LogP contribution >= 0.6 is 11.3 Å². The lowest BCUT2D eigenvalue weighted by atomic mass is 10.0. The van der Waals surface area contributed by atoms with Gasteiger partial charge in [-0.15, -0.1) is 11.3 Å². The highest BCUT2D eigenvalue weighted by Gasteiger charge is 2.34. The number of methoxy groups -OCH3 is 1. The van der Waals surface area contributed by atoms with Crippen molar-refractivity contribution < 1.29 is 33.0 Å². The number of nitrogens with one attached hydrogen (secondary N) is 2. The molecule has 4 heterocycles. The number of fused-ring (bicyclic) bond motifs is 6. The van der Waals surface area contributed by atoms with Crippen LogP contribution in [-0.4, -0.2) is 71.0 Å². The lowest BCUT2D eigenvalue weighted by molar-refractivity contribution is -0.135. The Bertz CT molecular complexity index is 1630. The number of halogens is 1. The number of likely N-dealkylation sites (tertiary alicyclic amines) is 1. The third-order valence-corrected chi connectivity index (χ3v) is 7.95. The second-order valence-electron chi connectivity index (χ2n) is 10.1. The molecule has 2 aromatic carbocycles. The van der Waals surface area contributed by atoms with E-state index in [1.54, 1.807) is 23.1 Å². The molecule has 0 radical (unpaired) electrons. The number of carbonyl (C=O) groups is 3. The highest BCUT2D eigenvalue weighted by atomic mass is 32.1. The first kappa shape index (κ1) is 27.5. The zero-order valence-electron chi connectivity index (χ0n) is 22.7. The number of hydrogen-bond donors (Lipinski definition) is 2. The van der Waals surface area contributed by atoms with Crippen LogP contribution in [0.15, 0.2) is 54.2 Å².